The summed E-state index contributed by atoms with van der Waals surface area (Å²) in [7, 11) is -3.50. The van der Waals surface area contributed by atoms with Crippen LogP contribution < -0.4 is 9.80 Å². The lowest BCUT2D eigenvalue weighted by Gasteiger charge is -2.38. The number of piperazine rings is 1. The van der Waals surface area contributed by atoms with E-state index in [1.165, 1.54) is 63.2 Å². The van der Waals surface area contributed by atoms with Crippen LogP contribution in [0.15, 0.2) is 29.2 Å². The van der Waals surface area contributed by atoms with Crippen LogP contribution in [0, 0.1) is 5.82 Å². The fourth-order valence-corrected chi connectivity index (χ4v) is 5.66. The van der Waals surface area contributed by atoms with E-state index in [4.69, 9.17) is 0 Å². The number of nitrogens with zero attached hydrogens (tertiary/aromatic N) is 1. The Morgan fingerprint density at radius 3 is 2.24 bits per heavy atom. The molecule has 2 fully saturated rings. The highest BCUT2D eigenvalue weighted by Gasteiger charge is 2.35. The van der Waals surface area contributed by atoms with Gasteiger partial charge in [-0.25, -0.2) is 12.8 Å². The molecule has 0 atom stereocenters. The van der Waals surface area contributed by atoms with E-state index in [-0.39, 0.29) is 4.90 Å². The number of quaternary nitrogens is 2. The third-order valence-corrected chi connectivity index (χ3v) is 7.60. The summed E-state index contributed by atoms with van der Waals surface area (Å²) < 4.78 is 40.0. The molecule has 25 heavy (non-hydrogen) atoms. The number of likely N-dealkylation sites (tertiary alicyclic amines) is 1. The third-order valence-electron chi connectivity index (χ3n) is 5.69. The second-order valence-corrected chi connectivity index (χ2v) is 9.23. The van der Waals surface area contributed by atoms with E-state index in [2.05, 4.69) is 6.92 Å². The van der Waals surface area contributed by atoms with E-state index in [0.29, 0.717) is 19.1 Å². The first-order valence-electron chi connectivity index (χ1n) is 9.44. The summed E-state index contributed by atoms with van der Waals surface area (Å²) in [6, 6.07) is 5.81. The van der Waals surface area contributed by atoms with Gasteiger partial charge in [-0.3, -0.25) is 0 Å². The zero-order chi connectivity index (χ0) is 17.9. The number of rotatable bonds is 5. The fraction of sp³-hybridized carbons (Fsp3) is 0.667. The minimum Gasteiger partial charge on any atom is -0.335 e. The zero-order valence-electron chi connectivity index (χ0n) is 15.0. The van der Waals surface area contributed by atoms with Gasteiger partial charge in [0.25, 0.3) is 0 Å². The molecule has 2 aliphatic heterocycles. The first kappa shape index (κ1) is 18.8. The Hall–Kier alpha value is -1.02. The zero-order valence-corrected chi connectivity index (χ0v) is 15.8. The molecule has 0 amide bonds. The predicted octanol–water partition coefficient (Wildman–Crippen LogP) is -0.828. The van der Waals surface area contributed by atoms with E-state index in [1.807, 2.05) is 0 Å². The molecule has 3 rings (SSSR count). The highest BCUT2D eigenvalue weighted by atomic mass is 32.2. The maximum atomic E-state index is 13.0. The molecule has 0 radical (unpaired) electrons. The molecule has 2 aliphatic rings. The van der Waals surface area contributed by atoms with Crippen LogP contribution in [0.5, 0.6) is 0 Å². The van der Waals surface area contributed by atoms with Crippen molar-refractivity contribution in [2.75, 3.05) is 45.8 Å². The van der Waals surface area contributed by atoms with Gasteiger partial charge in [0, 0.05) is 12.8 Å². The molecule has 2 N–H and O–H groups in total. The molecule has 7 heteroatoms. The van der Waals surface area contributed by atoms with Crippen molar-refractivity contribution in [3.8, 4) is 0 Å². The van der Waals surface area contributed by atoms with Crippen LogP contribution in [0.2, 0.25) is 0 Å². The number of hydrogen-bond donors (Lipinski definition) is 2. The van der Waals surface area contributed by atoms with E-state index in [9.17, 15) is 12.8 Å². The van der Waals surface area contributed by atoms with Crippen LogP contribution in [0.4, 0.5) is 4.39 Å². The Bertz CT molecular complexity index is 649. The maximum Gasteiger partial charge on any atom is 0.243 e. The summed E-state index contributed by atoms with van der Waals surface area (Å²) in [5.74, 6) is -0.412. The smallest absolute Gasteiger partial charge is 0.243 e. The van der Waals surface area contributed by atoms with Gasteiger partial charge in [-0.15, -0.1) is 0 Å². The van der Waals surface area contributed by atoms with Crippen LogP contribution in [-0.2, 0) is 10.0 Å². The highest BCUT2D eigenvalue weighted by molar-refractivity contribution is 7.89. The standard InChI is InChI=1S/C18H28FN3O2S/c1-2-9-20-10-7-17(8-11-20)21-12-14-22(15-13-21)25(23,24)18-5-3-16(19)4-6-18/h3-6,17H,2,7-15H2,1H3/p+2. The van der Waals surface area contributed by atoms with Crippen LogP contribution in [0.1, 0.15) is 26.2 Å². The van der Waals surface area contributed by atoms with Crippen LogP contribution in [-0.4, -0.2) is 64.6 Å². The number of hydrogen-bond acceptors (Lipinski definition) is 2. The fourth-order valence-electron chi connectivity index (χ4n) is 4.22. The first-order valence-corrected chi connectivity index (χ1v) is 10.9. The predicted molar refractivity (Wildman–Crippen MR) is 94.7 cm³/mol. The molecule has 0 bridgehead atoms. The van der Waals surface area contributed by atoms with Gasteiger partial charge >= 0.3 is 0 Å². The number of piperidine rings is 1. The normalized spacial score (nSPS) is 26.6. The minimum atomic E-state index is -3.50. The molecule has 1 aromatic carbocycles. The summed E-state index contributed by atoms with van der Waals surface area (Å²) in [5.41, 5.74) is 0. The third kappa shape index (κ3) is 4.39. The molecule has 2 heterocycles. The summed E-state index contributed by atoms with van der Waals surface area (Å²) in [5, 5.41) is 0. The van der Waals surface area contributed by atoms with Crippen molar-refractivity contribution in [1.82, 2.24) is 4.31 Å². The molecule has 0 aromatic heterocycles. The molecule has 140 valence electrons. The van der Waals surface area contributed by atoms with Gasteiger partial charge in [0.05, 0.1) is 56.8 Å². The Morgan fingerprint density at radius 2 is 1.68 bits per heavy atom. The topological polar surface area (TPSA) is 46.3 Å². The van der Waals surface area contributed by atoms with E-state index >= 15 is 0 Å². The van der Waals surface area contributed by atoms with Crippen molar-refractivity contribution >= 4 is 10.0 Å². The largest absolute Gasteiger partial charge is 0.335 e. The summed E-state index contributed by atoms with van der Waals surface area (Å²) in [4.78, 5) is 3.46. The van der Waals surface area contributed by atoms with Crippen molar-refractivity contribution in [1.29, 1.82) is 0 Å². The van der Waals surface area contributed by atoms with Crippen LogP contribution in [0.3, 0.4) is 0 Å². The Kier molecular flexibility index (Phi) is 6.09. The van der Waals surface area contributed by atoms with Crippen molar-refractivity contribution in [2.24, 2.45) is 0 Å². The molecule has 1 aromatic rings. The van der Waals surface area contributed by atoms with Gasteiger partial charge in [-0.1, -0.05) is 6.92 Å². The first-order chi connectivity index (χ1) is 12.0. The molecule has 0 aliphatic carbocycles. The lowest BCUT2D eigenvalue weighted by Crippen LogP contribution is -3.22. The van der Waals surface area contributed by atoms with E-state index < -0.39 is 15.8 Å². The summed E-state index contributed by atoms with van der Waals surface area (Å²) in [6.07, 6.45) is 3.73. The van der Waals surface area contributed by atoms with Crippen LogP contribution in [0.25, 0.3) is 0 Å². The van der Waals surface area contributed by atoms with Gasteiger partial charge in [-0.05, 0) is 30.7 Å². The molecule has 0 spiro atoms. The Balaban J connectivity index is 1.54. The van der Waals surface area contributed by atoms with Gasteiger partial charge < -0.3 is 9.80 Å². The SMILES string of the molecule is CCC[NH+]1CCC([NH+]2CCN(S(=O)(=O)c3ccc(F)cc3)CC2)CC1. The van der Waals surface area contributed by atoms with E-state index in [0.717, 1.165) is 13.1 Å². The molecule has 2 saturated heterocycles. The lowest BCUT2D eigenvalue weighted by atomic mass is 10.0. The molecular weight excluding hydrogens is 341 g/mol. The second kappa shape index (κ2) is 8.12. The Labute approximate surface area is 150 Å². The summed E-state index contributed by atoms with van der Waals surface area (Å²) >= 11 is 0. The van der Waals surface area contributed by atoms with Crippen molar-refractivity contribution in [3.05, 3.63) is 30.1 Å². The van der Waals surface area contributed by atoms with Crippen molar-refractivity contribution in [3.63, 3.8) is 0 Å². The van der Waals surface area contributed by atoms with Crippen LogP contribution >= 0.6 is 0 Å². The second-order valence-electron chi connectivity index (χ2n) is 7.29. The van der Waals surface area contributed by atoms with E-state index in [1.54, 1.807) is 14.1 Å². The van der Waals surface area contributed by atoms with Gasteiger partial charge in [0.15, 0.2) is 0 Å². The quantitative estimate of drug-likeness (QED) is 0.710. The average molecular weight is 372 g/mol. The number of halogens is 1. The molecular formula is C18H30FN3O2S+2. The highest BCUT2D eigenvalue weighted by Crippen LogP contribution is 2.16. The minimum absolute atomic E-state index is 0.189. The van der Waals surface area contributed by atoms with Gasteiger partial charge in [0.1, 0.15) is 5.82 Å². The molecule has 0 unspecified atom stereocenters. The monoisotopic (exact) mass is 371 g/mol. The van der Waals surface area contributed by atoms with Gasteiger partial charge in [-0.2, -0.15) is 4.31 Å². The van der Waals surface area contributed by atoms with Gasteiger partial charge in [0.2, 0.25) is 10.0 Å². The number of nitrogens with one attached hydrogen (secondary N) is 2. The summed E-state index contributed by atoms with van der Waals surface area (Å²) in [6.45, 7) is 8.85. The molecule has 5 nitrogen and oxygen atoms in total. The Morgan fingerprint density at radius 1 is 1.08 bits per heavy atom. The van der Waals surface area contributed by atoms with Crippen molar-refractivity contribution < 1.29 is 22.6 Å². The molecule has 0 saturated carbocycles. The average Bonchev–Trinajstić information content (AvgIpc) is 2.63. The lowest BCUT2D eigenvalue weighted by molar-refractivity contribution is -0.959. The number of benzene rings is 1. The van der Waals surface area contributed by atoms with Crippen molar-refractivity contribution in [2.45, 2.75) is 37.1 Å². The maximum absolute atomic E-state index is 13.0. The number of sulfonamides is 1.